The van der Waals surface area contributed by atoms with Crippen molar-refractivity contribution in [3.05, 3.63) is 78.4 Å². The number of hydrogen-bond acceptors (Lipinski definition) is 7. The third-order valence-corrected chi connectivity index (χ3v) is 6.40. The van der Waals surface area contributed by atoms with E-state index in [-0.39, 0.29) is 36.3 Å². The van der Waals surface area contributed by atoms with Gasteiger partial charge in [0.2, 0.25) is 5.91 Å². The minimum absolute atomic E-state index is 0.130. The number of esters is 1. The Balaban J connectivity index is 1.78. The molecule has 3 aromatic rings. The molecule has 0 aliphatic heterocycles. The number of sulfone groups is 1. The van der Waals surface area contributed by atoms with Crippen molar-refractivity contribution in [3.63, 3.8) is 0 Å². The number of amidine groups is 1. The summed E-state index contributed by atoms with van der Waals surface area (Å²) in [6.07, 6.45) is 1.16. The van der Waals surface area contributed by atoms with Gasteiger partial charge in [-0.2, -0.15) is 0 Å². The van der Waals surface area contributed by atoms with Gasteiger partial charge < -0.3 is 20.7 Å². The molecule has 3 rings (SSSR count). The van der Waals surface area contributed by atoms with Crippen molar-refractivity contribution in [2.24, 2.45) is 5.73 Å². The van der Waals surface area contributed by atoms with Crippen LogP contribution in [0, 0.1) is 5.41 Å². The Hall–Kier alpha value is -4.18. The molecule has 188 valence electrons. The zero-order chi connectivity index (χ0) is 26.3. The molecule has 10 heteroatoms. The third-order valence-electron chi connectivity index (χ3n) is 5.25. The maximum absolute atomic E-state index is 12.8. The van der Waals surface area contributed by atoms with Gasteiger partial charge in [-0.3, -0.25) is 15.0 Å². The van der Waals surface area contributed by atoms with Gasteiger partial charge in [-0.05, 0) is 42.8 Å². The van der Waals surface area contributed by atoms with E-state index >= 15 is 0 Å². The van der Waals surface area contributed by atoms with E-state index in [1.807, 2.05) is 0 Å². The lowest BCUT2D eigenvalue weighted by atomic mass is 10.1. The summed E-state index contributed by atoms with van der Waals surface area (Å²) in [6.45, 7) is 1.59. The van der Waals surface area contributed by atoms with E-state index in [1.165, 1.54) is 4.90 Å². The number of nitrogens with zero attached hydrogens (tertiary/aromatic N) is 1. The van der Waals surface area contributed by atoms with Crippen LogP contribution in [0.5, 0.6) is 0 Å². The Bertz CT molecular complexity index is 1370. The monoisotopic (exact) mass is 508 g/mol. The molecule has 0 heterocycles. The lowest BCUT2D eigenvalue weighted by Gasteiger charge is -2.24. The second-order valence-electron chi connectivity index (χ2n) is 8.02. The number of nitrogens with one attached hydrogen (secondary N) is 2. The van der Waals surface area contributed by atoms with E-state index in [1.54, 1.807) is 79.7 Å². The van der Waals surface area contributed by atoms with Crippen LogP contribution in [0.3, 0.4) is 0 Å². The number of hydrogen-bond donors (Lipinski definition) is 3. The molecule has 0 aliphatic rings. The van der Waals surface area contributed by atoms with Gasteiger partial charge in [0.05, 0.1) is 18.0 Å². The van der Waals surface area contributed by atoms with Crippen molar-refractivity contribution in [3.8, 4) is 11.1 Å². The smallest absolute Gasteiger partial charge is 0.325 e. The number of benzene rings is 3. The van der Waals surface area contributed by atoms with E-state index in [2.05, 4.69) is 5.32 Å². The standard InChI is InChI=1S/C26H28N4O5S/c1-3-35-25(32)17-30(21-8-6-7-19(15-21)26(27)28)16-24(31)29-20-13-11-18(12-14-20)22-9-4-5-10-23(22)36(2,33)34/h4-15H,3,16-17H2,1-2H3,(H3,27,28)(H,29,31). The fourth-order valence-electron chi connectivity index (χ4n) is 3.61. The van der Waals surface area contributed by atoms with Crippen molar-refractivity contribution in [1.29, 1.82) is 5.41 Å². The Labute approximate surface area is 210 Å². The SMILES string of the molecule is CCOC(=O)CN(CC(=O)Nc1ccc(-c2ccccc2S(C)(=O)=O)cc1)c1cccc(C(=N)N)c1. The summed E-state index contributed by atoms with van der Waals surface area (Å²) in [5.74, 6) is -1.00. The van der Waals surface area contributed by atoms with Gasteiger partial charge in [-0.25, -0.2) is 8.42 Å². The molecule has 3 aromatic carbocycles. The molecule has 0 bridgehead atoms. The van der Waals surface area contributed by atoms with Crippen LogP contribution in [0.2, 0.25) is 0 Å². The number of rotatable bonds is 10. The molecule has 0 aromatic heterocycles. The van der Waals surface area contributed by atoms with Crippen LogP contribution in [-0.2, 0) is 24.2 Å². The minimum atomic E-state index is -3.41. The average Bonchev–Trinajstić information content (AvgIpc) is 2.84. The molecule has 4 N–H and O–H groups in total. The zero-order valence-corrected chi connectivity index (χ0v) is 20.8. The van der Waals surface area contributed by atoms with Gasteiger partial charge in [0.25, 0.3) is 0 Å². The lowest BCUT2D eigenvalue weighted by Crippen LogP contribution is -2.37. The first kappa shape index (κ1) is 26.4. The van der Waals surface area contributed by atoms with E-state index in [0.29, 0.717) is 28.1 Å². The van der Waals surface area contributed by atoms with Crippen molar-refractivity contribution in [1.82, 2.24) is 0 Å². The highest BCUT2D eigenvalue weighted by Crippen LogP contribution is 2.28. The highest BCUT2D eigenvalue weighted by molar-refractivity contribution is 7.90. The van der Waals surface area contributed by atoms with E-state index in [4.69, 9.17) is 15.9 Å². The molecular formula is C26H28N4O5S. The van der Waals surface area contributed by atoms with Crippen molar-refractivity contribution in [2.75, 3.05) is 36.2 Å². The molecule has 0 atom stereocenters. The number of nitrogen functional groups attached to an aromatic ring is 1. The van der Waals surface area contributed by atoms with Crippen molar-refractivity contribution >= 4 is 38.9 Å². The molecule has 36 heavy (non-hydrogen) atoms. The summed E-state index contributed by atoms with van der Waals surface area (Å²) in [6, 6.07) is 20.2. The average molecular weight is 509 g/mol. The normalized spacial score (nSPS) is 10.9. The van der Waals surface area contributed by atoms with Crippen LogP contribution in [0.15, 0.2) is 77.7 Å². The van der Waals surface area contributed by atoms with Crippen LogP contribution in [-0.4, -0.2) is 52.1 Å². The first-order chi connectivity index (χ1) is 17.1. The van der Waals surface area contributed by atoms with E-state index in [9.17, 15) is 18.0 Å². The summed E-state index contributed by atoms with van der Waals surface area (Å²) in [5, 5.41) is 10.4. The topological polar surface area (TPSA) is 143 Å². The van der Waals surface area contributed by atoms with E-state index in [0.717, 1.165) is 6.26 Å². The highest BCUT2D eigenvalue weighted by Gasteiger charge is 2.18. The number of amides is 1. The number of anilines is 2. The Kier molecular flexibility index (Phi) is 8.44. The third kappa shape index (κ3) is 6.92. The molecule has 0 saturated heterocycles. The molecule has 0 unspecified atom stereocenters. The number of nitrogens with two attached hydrogens (primary N) is 1. The van der Waals surface area contributed by atoms with Crippen molar-refractivity contribution in [2.45, 2.75) is 11.8 Å². The Morgan fingerprint density at radius 3 is 2.33 bits per heavy atom. The summed E-state index contributed by atoms with van der Waals surface area (Å²) >= 11 is 0. The van der Waals surface area contributed by atoms with Gasteiger partial charge in [0.1, 0.15) is 12.4 Å². The molecule has 0 aliphatic carbocycles. The van der Waals surface area contributed by atoms with Gasteiger partial charge >= 0.3 is 5.97 Å². The molecule has 0 radical (unpaired) electrons. The van der Waals surface area contributed by atoms with Gasteiger partial charge in [0.15, 0.2) is 9.84 Å². The largest absolute Gasteiger partial charge is 0.465 e. The number of ether oxygens (including phenoxy) is 1. The quantitative estimate of drug-likeness (QED) is 0.217. The molecule has 9 nitrogen and oxygen atoms in total. The Morgan fingerprint density at radius 1 is 1.00 bits per heavy atom. The maximum Gasteiger partial charge on any atom is 0.325 e. The predicted molar refractivity (Wildman–Crippen MR) is 140 cm³/mol. The fourth-order valence-corrected chi connectivity index (χ4v) is 4.52. The summed E-state index contributed by atoms with van der Waals surface area (Å²) in [4.78, 5) is 26.8. The van der Waals surface area contributed by atoms with Crippen molar-refractivity contribution < 1.29 is 22.7 Å². The summed E-state index contributed by atoms with van der Waals surface area (Å²) in [7, 11) is -3.41. The number of carbonyl (C=O) groups is 2. The molecule has 0 fully saturated rings. The Morgan fingerprint density at radius 2 is 1.69 bits per heavy atom. The summed E-state index contributed by atoms with van der Waals surface area (Å²) < 4.78 is 29.3. The molecular weight excluding hydrogens is 480 g/mol. The van der Waals surface area contributed by atoms with Crippen LogP contribution in [0.4, 0.5) is 11.4 Å². The second-order valence-corrected chi connectivity index (χ2v) is 10.0. The first-order valence-corrected chi connectivity index (χ1v) is 13.0. The molecule has 1 amide bonds. The van der Waals surface area contributed by atoms with Gasteiger partial charge in [0, 0.05) is 28.8 Å². The highest BCUT2D eigenvalue weighted by atomic mass is 32.2. The first-order valence-electron chi connectivity index (χ1n) is 11.1. The van der Waals surface area contributed by atoms with Crippen LogP contribution >= 0.6 is 0 Å². The second kappa shape index (κ2) is 11.5. The van der Waals surface area contributed by atoms with Crippen LogP contribution in [0.1, 0.15) is 12.5 Å². The maximum atomic E-state index is 12.8. The zero-order valence-electron chi connectivity index (χ0n) is 20.0. The van der Waals surface area contributed by atoms with Crippen LogP contribution in [0.25, 0.3) is 11.1 Å². The molecule has 0 saturated carbocycles. The van der Waals surface area contributed by atoms with E-state index < -0.39 is 15.8 Å². The lowest BCUT2D eigenvalue weighted by molar-refractivity contribution is -0.141. The van der Waals surface area contributed by atoms with Gasteiger partial charge in [-0.1, -0.05) is 42.5 Å². The van der Waals surface area contributed by atoms with Crippen LogP contribution < -0.4 is 16.0 Å². The molecule has 0 spiro atoms. The summed E-state index contributed by atoms with van der Waals surface area (Å²) in [5.41, 5.74) is 8.36. The minimum Gasteiger partial charge on any atom is -0.465 e. The fraction of sp³-hybridized carbons (Fsp3) is 0.192. The number of carbonyl (C=O) groups excluding carboxylic acids is 2. The predicted octanol–water partition coefficient (Wildman–Crippen LogP) is 3.05. The van der Waals surface area contributed by atoms with Gasteiger partial charge in [-0.15, -0.1) is 0 Å².